The Morgan fingerprint density at radius 1 is 1.55 bits per heavy atom. The van der Waals surface area contributed by atoms with Crippen molar-refractivity contribution in [2.45, 2.75) is 6.67 Å². The lowest BCUT2D eigenvalue weighted by atomic mass is 10.2. The Kier molecular flexibility index (Phi) is 2.84. The molecule has 1 rings (SSSR count). The molecule has 4 heteroatoms. The van der Waals surface area contributed by atoms with Gasteiger partial charge in [0.25, 0.3) is 0 Å². The molecule has 60 valence electrons. The summed E-state index contributed by atoms with van der Waals surface area (Å²) < 4.78 is 12.9. The minimum atomic E-state index is -0.470. The number of hydrogen-bond acceptors (Lipinski definition) is 2. The third-order valence-electron chi connectivity index (χ3n) is 1.34. The molecule has 2 nitrogen and oxygen atoms in total. The number of hydrogen-bond donors (Lipinski definition) is 2. The Balaban J connectivity index is 3.02. The number of nitrogens with one attached hydrogen (secondary N) is 1. The van der Waals surface area contributed by atoms with Gasteiger partial charge in [-0.15, -0.1) is 0 Å². The molecule has 0 radical (unpaired) electrons. The molecule has 0 bridgehead atoms. The zero-order valence-corrected chi connectivity index (χ0v) is 7.36. The predicted molar refractivity (Wildman–Crippen MR) is 46.8 cm³/mol. The van der Waals surface area contributed by atoms with Crippen LogP contribution in [-0.2, 0) is 6.67 Å². The predicted octanol–water partition coefficient (Wildman–Crippen LogP) is 2.20. The lowest BCUT2D eigenvalue weighted by Crippen LogP contribution is -2.07. The maximum atomic E-state index is 12.1. The number of hydrazine groups is 1. The first-order valence-electron chi connectivity index (χ1n) is 3.09. The lowest BCUT2D eigenvalue weighted by molar-refractivity contribution is 0.485. The second-order valence-corrected chi connectivity index (χ2v) is 2.95. The number of nitrogens with two attached hydrogens (primary N) is 1. The maximum absolute atomic E-state index is 12.1. The standard InChI is InChI=1S/C7H8BrFN2/c8-6-2-1-5(4-9)3-7(6)11-10/h1-3,11H,4,10H2. The summed E-state index contributed by atoms with van der Waals surface area (Å²) in [5, 5.41) is 0. The molecule has 1 aromatic rings. The molecule has 0 aromatic heterocycles. The van der Waals surface area contributed by atoms with Crippen molar-refractivity contribution in [3.8, 4) is 0 Å². The maximum Gasteiger partial charge on any atom is 0.115 e. The van der Waals surface area contributed by atoms with Crippen LogP contribution in [0.25, 0.3) is 0 Å². The summed E-state index contributed by atoms with van der Waals surface area (Å²) in [6.07, 6.45) is 0. The number of benzene rings is 1. The van der Waals surface area contributed by atoms with Gasteiger partial charge in [0.15, 0.2) is 0 Å². The molecular weight excluding hydrogens is 211 g/mol. The quantitative estimate of drug-likeness (QED) is 0.591. The summed E-state index contributed by atoms with van der Waals surface area (Å²) in [5.41, 5.74) is 3.76. The van der Waals surface area contributed by atoms with Crippen LogP contribution in [0.3, 0.4) is 0 Å². The minimum Gasteiger partial charge on any atom is -0.323 e. The summed E-state index contributed by atoms with van der Waals surface area (Å²) in [4.78, 5) is 0. The smallest absolute Gasteiger partial charge is 0.115 e. The van der Waals surface area contributed by atoms with Crippen molar-refractivity contribution in [1.82, 2.24) is 0 Å². The fourth-order valence-electron chi connectivity index (χ4n) is 0.766. The van der Waals surface area contributed by atoms with Gasteiger partial charge in [-0.2, -0.15) is 0 Å². The molecule has 3 N–H and O–H groups in total. The van der Waals surface area contributed by atoms with Gasteiger partial charge >= 0.3 is 0 Å². The number of anilines is 1. The van der Waals surface area contributed by atoms with Crippen molar-refractivity contribution in [1.29, 1.82) is 0 Å². The van der Waals surface area contributed by atoms with E-state index in [0.717, 1.165) is 4.47 Å². The minimum absolute atomic E-state index is 0.470. The van der Waals surface area contributed by atoms with Gasteiger partial charge in [0.1, 0.15) is 6.67 Å². The Bertz CT molecular complexity index is 252. The van der Waals surface area contributed by atoms with Gasteiger partial charge < -0.3 is 5.43 Å². The summed E-state index contributed by atoms with van der Waals surface area (Å²) in [7, 11) is 0. The van der Waals surface area contributed by atoms with E-state index >= 15 is 0 Å². The SMILES string of the molecule is NNc1cc(CF)ccc1Br. The van der Waals surface area contributed by atoms with E-state index in [1.54, 1.807) is 18.2 Å². The molecule has 0 aliphatic rings. The lowest BCUT2D eigenvalue weighted by Gasteiger charge is -2.03. The van der Waals surface area contributed by atoms with Crippen LogP contribution in [-0.4, -0.2) is 0 Å². The van der Waals surface area contributed by atoms with Gasteiger partial charge in [0.05, 0.1) is 5.69 Å². The van der Waals surface area contributed by atoms with Crippen molar-refractivity contribution < 1.29 is 4.39 Å². The zero-order valence-electron chi connectivity index (χ0n) is 5.77. The van der Waals surface area contributed by atoms with E-state index in [9.17, 15) is 4.39 Å². The average molecular weight is 219 g/mol. The summed E-state index contributed by atoms with van der Waals surface area (Å²) >= 11 is 3.25. The number of rotatable bonds is 2. The third kappa shape index (κ3) is 1.91. The molecule has 1 aromatic carbocycles. The first kappa shape index (κ1) is 8.49. The van der Waals surface area contributed by atoms with E-state index < -0.39 is 6.67 Å². The van der Waals surface area contributed by atoms with Crippen LogP contribution in [0.15, 0.2) is 22.7 Å². The van der Waals surface area contributed by atoms with Gasteiger partial charge in [-0.1, -0.05) is 6.07 Å². The molecule has 0 aliphatic heterocycles. The highest BCUT2D eigenvalue weighted by Crippen LogP contribution is 2.22. The van der Waals surface area contributed by atoms with Gasteiger partial charge in [-0.25, -0.2) is 4.39 Å². The molecule has 0 spiro atoms. The van der Waals surface area contributed by atoms with Crippen LogP contribution in [0.5, 0.6) is 0 Å². The highest BCUT2D eigenvalue weighted by Gasteiger charge is 1.98. The Hall–Kier alpha value is -0.610. The number of nitrogen functional groups attached to an aromatic ring is 1. The van der Waals surface area contributed by atoms with Gasteiger partial charge in [-0.3, -0.25) is 5.84 Å². The fourth-order valence-corrected chi connectivity index (χ4v) is 1.13. The third-order valence-corrected chi connectivity index (χ3v) is 2.03. The summed E-state index contributed by atoms with van der Waals surface area (Å²) in [5.74, 6) is 5.17. The summed E-state index contributed by atoms with van der Waals surface area (Å²) in [6.45, 7) is -0.470. The van der Waals surface area contributed by atoms with Crippen molar-refractivity contribution in [3.05, 3.63) is 28.2 Å². The van der Waals surface area contributed by atoms with E-state index in [0.29, 0.717) is 11.3 Å². The monoisotopic (exact) mass is 218 g/mol. The van der Waals surface area contributed by atoms with Crippen LogP contribution in [0.2, 0.25) is 0 Å². The highest BCUT2D eigenvalue weighted by molar-refractivity contribution is 9.10. The molecule has 0 aliphatic carbocycles. The Labute approximate surface area is 72.7 Å². The van der Waals surface area contributed by atoms with Crippen molar-refractivity contribution >= 4 is 21.6 Å². The molecule has 0 fully saturated rings. The van der Waals surface area contributed by atoms with E-state index in [1.165, 1.54) is 0 Å². The average Bonchev–Trinajstić information content (AvgIpc) is 2.05. The van der Waals surface area contributed by atoms with Crippen molar-refractivity contribution in [2.75, 3.05) is 5.43 Å². The van der Waals surface area contributed by atoms with Crippen LogP contribution in [0.4, 0.5) is 10.1 Å². The van der Waals surface area contributed by atoms with Crippen molar-refractivity contribution in [3.63, 3.8) is 0 Å². The normalized spacial score (nSPS) is 9.73. The zero-order chi connectivity index (χ0) is 8.27. The van der Waals surface area contributed by atoms with Gasteiger partial charge in [0.2, 0.25) is 0 Å². The van der Waals surface area contributed by atoms with Crippen LogP contribution < -0.4 is 11.3 Å². The molecule has 0 unspecified atom stereocenters. The number of halogens is 2. The van der Waals surface area contributed by atoms with Gasteiger partial charge in [-0.05, 0) is 33.6 Å². The second kappa shape index (κ2) is 3.69. The second-order valence-electron chi connectivity index (χ2n) is 2.09. The van der Waals surface area contributed by atoms with Crippen LogP contribution >= 0.6 is 15.9 Å². The van der Waals surface area contributed by atoms with Crippen LogP contribution in [0, 0.1) is 0 Å². The van der Waals surface area contributed by atoms with E-state index in [-0.39, 0.29) is 0 Å². The topological polar surface area (TPSA) is 38.0 Å². The molecular formula is C7H8BrFN2. The molecule has 0 heterocycles. The fraction of sp³-hybridized carbons (Fsp3) is 0.143. The summed E-state index contributed by atoms with van der Waals surface area (Å²) in [6, 6.07) is 5.11. The van der Waals surface area contributed by atoms with E-state index in [1.807, 2.05) is 0 Å². The van der Waals surface area contributed by atoms with E-state index in [2.05, 4.69) is 21.4 Å². The molecule has 0 saturated carbocycles. The van der Waals surface area contributed by atoms with E-state index in [4.69, 9.17) is 5.84 Å². The molecule has 0 amide bonds. The molecule has 0 atom stereocenters. The Morgan fingerprint density at radius 3 is 2.82 bits per heavy atom. The molecule has 0 saturated heterocycles. The number of alkyl halides is 1. The first-order chi connectivity index (χ1) is 5.27. The first-order valence-corrected chi connectivity index (χ1v) is 3.88. The largest absolute Gasteiger partial charge is 0.323 e. The highest BCUT2D eigenvalue weighted by atomic mass is 79.9. The van der Waals surface area contributed by atoms with Crippen molar-refractivity contribution in [2.24, 2.45) is 5.84 Å². The molecule has 11 heavy (non-hydrogen) atoms. The van der Waals surface area contributed by atoms with Crippen LogP contribution in [0.1, 0.15) is 5.56 Å². The Morgan fingerprint density at radius 2 is 2.27 bits per heavy atom. The van der Waals surface area contributed by atoms with Gasteiger partial charge in [0, 0.05) is 4.47 Å².